The first-order chi connectivity index (χ1) is 12.5. The largest absolute Gasteiger partial charge is 0.496 e. The van der Waals surface area contributed by atoms with Crippen LogP contribution in [0, 0.1) is 11.8 Å². The van der Waals surface area contributed by atoms with Crippen LogP contribution in [0.25, 0.3) is 11.1 Å². The molecule has 0 aromatic heterocycles. The van der Waals surface area contributed by atoms with Gasteiger partial charge in [0.05, 0.1) is 7.11 Å². The summed E-state index contributed by atoms with van der Waals surface area (Å²) in [6.45, 7) is 0. The molecule has 4 rings (SSSR count). The Morgan fingerprint density at radius 2 is 1.65 bits per heavy atom. The highest BCUT2D eigenvalue weighted by Gasteiger charge is 2.48. The van der Waals surface area contributed by atoms with Crippen molar-refractivity contribution in [3.63, 3.8) is 0 Å². The van der Waals surface area contributed by atoms with Crippen LogP contribution in [0.1, 0.15) is 30.7 Å². The van der Waals surface area contributed by atoms with E-state index in [2.05, 4.69) is 0 Å². The summed E-state index contributed by atoms with van der Waals surface area (Å²) in [6, 6.07) is 10.8. The van der Waals surface area contributed by atoms with E-state index in [9.17, 15) is 9.59 Å². The summed E-state index contributed by atoms with van der Waals surface area (Å²) in [5.74, 6) is -0.123. The molecule has 2 bridgehead atoms. The molecule has 2 aromatic rings. The Kier molecular flexibility index (Phi) is 4.54. The number of fused-ring (bicyclic) bond motifs is 2. The number of rotatable bonds is 3. The summed E-state index contributed by atoms with van der Waals surface area (Å²) in [4.78, 5) is 25.8. The van der Waals surface area contributed by atoms with Crippen LogP contribution in [0.15, 0.2) is 36.4 Å². The quantitative estimate of drug-likeness (QED) is 0.668. The van der Waals surface area contributed by atoms with Crippen LogP contribution < -0.4 is 4.74 Å². The van der Waals surface area contributed by atoms with E-state index in [1.165, 1.54) is 0 Å². The summed E-state index contributed by atoms with van der Waals surface area (Å²) >= 11 is 12.3. The van der Waals surface area contributed by atoms with Gasteiger partial charge in [-0.1, -0.05) is 35.3 Å². The summed E-state index contributed by atoms with van der Waals surface area (Å²) < 4.78 is 5.47. The molecule has 0 radical (unpaired) electrons. The van der Waals surface area contributed by atoms with Crippen LogP contribution in [0.4, 0.5) is 0 Å². The number of methoxy groups -OCH3 is 1. The predicted octanol–water partition coefficient (Wildman–Crippen LogP) is 5.32. The van der Waals surface area contributed by atoms with Gasteiger partial charge in [0.15, 0.2) is 11.6 Å². The zero-order valence-electron chi connectivity index (χ0n) is 14.3. The minimum Gasteiger partial charge on any atom is -0.496 e. The summed E-state index contributed by atoms with van der Waals surface area (Å²) in [5.41, 5.74) is 2.28. The van der Waals surface area contributed by atoms with Gasteiger partial charge in [-0.25, -0.2) is 0 Å². The lowest BCUT2D eigenvalue weighted by Crippen LogP contribution is -2.35. The lowest BCUT2D eigenvalue weighted by molar-refractivity contribution is -0.136. The van der Waals surface area contributed by atoms with Crippen molar-refractivity contribution in [2.45, 2.75) is 25.2 Å². The van der Waals surface area contributed by atoms with Crippen molar-refractivity contribution in [2.75, 3.05) is 7.11 Å². The molecule has 0 amide bonds. The van der Waals surface area contributed by atoms with Gasteiger partial charge >= 0.3 is 0 Å². The van der Waals surface area contributed by atoms with Gasteiger partial charge in [-0.2, -0.15) is 0 Å². The topological polar surface area (TPSA) is 43.4 Å². The van der Waals surface area contributed by atoms with Crippen LogP contribution >= 0.6 is 23.2 Å². The van der Waals surface area contributed by atoms with Crippen molar-refractivity contribution in [3.05, 3.63) is 52.0 Å². The number of benzene rings is 2. The van der Waals surface area contributed by atoms with E-state index in [-0.39, 0.29) is 23.4 Å². The fourth-order valence-electron chi connectivity index (χ4n) is 4.27. The van der Waals surface area contributed by atoms with Crippen LogP contribution in [-0.4, -0.2) is 18.7 Å². The highest BCUT2D eigenvalue weighted by atomic mass is 35.5. The van der Waals surface area contributed by atoms with Gasteiger partial charge < -0.3 is 4.74 Å². The van der Waals surface area contributed by atoms with Crippen molar-refractivity contribution in [1.29, 1.82) is 0 Å². The van der Waals surface area contributed by atoms with Crippen LogP contribution in [0.2, 0.25) is 10.0 Å². The maximum Gasteiger partial charge on any atom is 0.150 e. The minimum atomic E-state index is -0.734. The Bertz CT molecular complexity index is 884. The number of carbonyl (C=O) groups is 2. The second kappa shape index (κ2) is 6.71. The molecule has 26 heavy (non-hydrogen) atoms. The third-order valence-corrected chi connectivity index (χ3v) is 6.14. The second-order valence-corrected chi connectivity index (χ2v) is 7.87. The van der Waals surface area contributed by atoms with E-state index in [1.54, 1.807) is 25.3 Å². The lowest BCUT2D eigenvalue weighted by atomic mass is 9.75. The minimum absolute atomic E-state index is 0.00446. The number of hydrogen-bond acceptors (Lipinski definition) is 3. The maximum atomic E-state index is 12.9. The van der Waals surface area contributed by atoms with Crippen molar-refractivity contribution in [3.8, 4) is 16.9 Å². The van der Waals surface area contributed by atoms with E-state index in [4.69, 9.17) is 27.9 Å². The zero-order chi connectivity index (χ0) is 18.4. The first kappa shape index (κ1) is 17.6. The molecule has 2 saturated carbocycles. The predicted molar refractivity (Wildman–Crippen MR) is 102 cm³/mol. The Morgan fingerprint density at radius 3 is 2.27 bits per heavy atom. The first-order valence-corrected chi connectivity index (χ1v) is 9.46. The molecule has 2 aliphatic rings. The third kappa shape index (κ3) is 2.83. The van der Waals surface area contributed by atoms with E-state index in [0.717, 1.165) is 24.0 Å². The average molecular weight is 389 g/mol. The molecule has 1 unspecified atom stereocenters. The molecular weight excluding hydrogens is 371 g/mol. The standard InChI is InChI=1S/C21H18Cl2O3/c1-26-18-7-4-11(15-6-5-14(22)10-17(15)23)9-16(18)19-20(24)12-2-3-13(8-12)21(19)25/h4-7,9-10,12-13,19H,2-3,8H2,1H3/t12-,13+,19?. The van der Waals surface area contributed by atoms with Crippen LogP contribution in [0.5, 0.6) is 5.75 Å². The average Bonchev–Trinajstić information content (AvgIpc) is 3.07. The number of carbonyl (C=O) groups excluding carboxylic acids is 2. The second-order valence-electron chi connectivity index (χ2n) is 7.03. The maximum absolute atomic E-state index is 12.9. The van der Waals surface area contributed by atoms with Gasteiger partial charge in [-0.15, -0.1) is 0 Å². The number of ether oxygens (including phenoxy) is 1. The molecule has 2 aromatic carbocycles. The van der Waals surface area contributed by atoms with Gasteiger partial charge in [0.1, 0.15) is 11.7 Å². The molecule has 0 aliphatic heterocycles. The molecule has 0 N–H and O–H groups in total. The van der Waals surface area contributed by atoms with Crippen molar-refractivity contribution in [2.24, 2.45) is 11.8 Å². The van der Waals surface area contributed by atoms with E-state index >= 15 is 0 Å². The Balaban J connectivity index is 1.83. The fourth-order valence-corrected chi connectivity index (χ4v) is 4.79. The van der Waals surface area contributed by atoms with Gasteiger partial charge in [0.25, 0.3) is 0 Å². The van der Waals surface area contributed by atoms with Crippen molar-refractivity contribution < 1.29 is 14.3 Å². The van der Waals surface area contributed by atoms with Gasteiger partial charge in [-0.05, 0) is 49.1 Å². The van der Waals surface area contributed by atoms with Gasteiger partial charge in [-0.3, -0.25) is 9.59 Å². The van der Waals surface area contributed by atoms with E-state index in [1.807, 2.05) is 18.2 Å². The summed E-state index contributed by atoms with van der Waals surface area (Å²) in [5, 5.41) is 1.08. The van der Waals surface area contributed by atoms with E-state index < -0.39 is 5.92 Å². The van der Waals surface area contributed by atoms with E-state index in [0.29, 0.717) is 27.8 Å². The zero-order valence-corrected chi connectivity index (χ0v) is 15.8. The molecule has 2 fully saturated rings. The summed E-state index contributed by atoms with van der Waals surface area (Å²) in [7, 11) is 1.56. The van der Waals surface area contributed by atoms with Gasteiger partial charge in [0.2, 0.25) is 0 Å². The number of Topliss-reactive ketones (excluding diaryl/α,β-unsaturated/α-hetero) is 2. The molecule has 134 valence electrons. The molecule has 0 spiro atoms. The molecule has 3 nitrogen and oxygen atoms in total. The third-order valence-electron chi connectivity index (χ3n) is 5.59. The van der Waals surface area contributed by atoms with Crippen LogP contribution in [0.3, 0.4) is 0 Å². The lowest BCUT2D eigenvalue weighted by Gasteiger charge is -2.27. The molecule has 3 atom stereocenters. The highest BCUT2D eigenvalue weighted by Crippen LogP contribution is 2.46. The number of hydrogen-bond donors (Lipinski definition) is 0. The molecule has 2 aliphatic carbocycles. The fraction of sp³-hybridized carbons (Fsp3) is 0.333. The number of ketones is 2. The molecule has 5 heteroatoms. The Labute approximate surface area is 162 Å². The number of halogens is 2. The molecule has 0 heterocycles. The highest BCUT2D eigenvalue weighted by molar-refractivity contribution is 6.36. The smallest absolute Gasteiger partial charge is 0.150 e. The van der Waals surface area contributed by atoms with Crippen molar-refractivity contribution >= 4 is 34.8 Å². The normalized spacial score (nSPS) is 24.8. The Hall–Kier alpha value is -1.84. The summed E-state index contributed by atoms with van der Waals surface area (Å²) in [6.07, 6.45) is 2.34. The Morgan fingerprint density at radius 1 is 0.962 bits per heavy atom. The van der Waals surface area contributed by atoms with Gasteiger partial charge in [0, 0.05) is 33.0 Å². The SMILES string of the molecule is COc1ccc(-c2ccc(Cl)cc2Cl)cc1C1C(=O)[C@@H]2CC[C@@H](C2)C1=O. The monoisotopic (exact) mass is 388 g/mol. The van der Waals surface area contributed by atoms with Crippen molar-refractivity contribution in [1.82, 2.24) is 0 Å². The molecule has 0 saturated heterocycles. The van der Waals surface area contributed by atoms with Crippen LogP contribution in [-0.2, 0) is 9.59 Å². The molecular formula is C21H18Cl2O3. The first-order valence-electron chi connectivity index (χ1n) is 8.70.